The first-order chi connectivity index (χ1) is 10.6. The predicted molar refractivity (Wildman–Crippen MR) is 86.8 cm³/mol. The van der Waals surface area contributed by atoms with Crippen molar-refractivity contribution in [1.82, 2.24) is 15.7 Å². The molecule has 0 spiro atoms. The van der Waals surface area contributed by atoms with Gasteiger partial charge in [-0.25, -0.2) is 0 Å². The second kappa shape index (κ2) is 8.27. The molecule has 5 heteroatoms. The first kappa shape index (κ1) is 16.9. The standard InChI is InChI=1S/C17H27N3O2/c1-3-4-14-5-6-15-7-8-20(12-16(15)9-14)11-13(2)19-17(21)10-18-22/h5-6,9,13,18,22H,3-4,7-8,10-12H2,1-2H3,(H,19,21)/t13-/m0/s1. The minimum Gasteiger partial charge on any atom is -0.351 e. The van der Waals surface area contributed by atoms with Crippen LogP contribution in [0.4, 0.5) is 0 Å². The van der Waals surface area contributed by atoms with E-state index < -0.39 is 0 Å². The van der Waals surface area contributed by atoms with Gasteiger partial charge in [0.2, 0.25) is 5.91 Å². The van der Waals surface area contributed by atoms with Gasteiger partial charge in [0, 0.05) is 25.7 Å². The molecule has 0 unspecified atom stereocenters. The molecule has 0 aromatic heterocycles. The average molecular weight is 305 g/mol. The number of hydroxylamine groups is 1. The molecular formula is C17H27N3O2. The summed E-state index contributed by atoms with van der Waals surface area (Å²) in [5.74, 6) is -0.183. The van der Waals surface area contributed by atoms with Gasteiger partial charge in [-0.3, -0.25) is 9.69 Å². The highest BCUT2D eigenvalue weighted by atomic mass is 16.5. The normalized spacial score (nSPS) is 16.1. The molecule has 1 aliphatic heterocycles. The maximum Gasteiger partial charge on any atom is 0.236 e. The van der Waals surface area contributed by atoms with Gasteiger partial charge in [-0.2, -0.15) is 5.48 Å². The van der Waals surface area contributed by atoms with E-state index in [1.807, 2.05) is 12.4 Å². The van der Waals surface area contributed by atoms with E-state index in [1.165, 1.54) is 23.1 Å². The van der Waals surface area contributed by atoms with E-state index in [9.17, 15) is 4.79 Å². The SMILES string of the molecule is CCCc1ccc2c(c1)CN(C[C@H](C)NC(=O)CNO)CC2. The number of aryl methyl sites for hydroxylation is 1. The largest absolute Gasteiger partial charge is 0.351 e. The Balaban J connectivity index is 1.90. The van der Waals surface area contributed by atoms with Crippen LogP contribution in [0.15, 0.2) is 18.2 Å². The van der Waals surface area contributed by atoms with Gasteiger partial charge in [-0.15, -0.1) is 0 Å². The van der Waals surface area contributed by atoms with Crippen molar-refractivity contribution < 1.29 is 10.0 Å². The number of rotatable bonds is 7. The maximum absolute atomic E-state index is 11.5. The Bertz CT molecular complexity index is 505. The second-order valence-electron chi connectivity index (χ2n) is 6.14. The Hall–Kier alpha value is -1.43. The number of fused-ring (bicyclic) bond motifs is 1. The molecule has 1 aliphatic rings. The summed E-state index contributed by atoms with van der Waals surface area (Å²) in [7, 11) is 0. The molecule has 0 aliphatic carbocycles. The summed E-state index contributed by atoms with van der Waals surface area (Å²) in [6.45, 7) is 6.95. The van der Waals surface area contributed by atoms with E-state index >= 15 is 0 Å². The fraction of sp³-hybridized carbons (Fsp3) is 0.588. The van der Waals surface area contributed by atoms with E-state index in [1.54, 1.807) is 0 Å². The fourth-order valence-electron chi connectivity index (χ4n) is 3.10. The Morgan fingerprint density at radius 2 is 2.23 bits per heavy atom. The van der Waals surface area contributed by atoms with Gasteiger partial charge >= 0.3 is 0 Å². The van der Waals surface area contributed by atoms with E-state index in [-0.39, 0.29) is 18.5 Å². The minimum atomic E-state index is -0.183. The number of hydrogen-bond acceptors (Lipinski definition) is 4. The fourth-order valence-corrected chi connectivity index (χ4v) is 3.10. The lowest BCUT2D eigenvalue weighted by molar-refractivity contribution is -0.122. The molecule has 0 radical (unpaired) electrons. The van der Waals surface area contributed by atoms with Crippen molar-refractivity contribution in [3.8, 4) is 0 Å². The Morgan fingerprint density at radius 1 is 1.41 bits per heavy atom. The van der Waals surface area contributed by atoms with Gasteiger partial charge in [0.1, 0.15) is 0 Å². The van der Waals surface area contributed by atoms with Gasteiger partial charge in [0.15, 0.2) is 0 Å². The van der Waals surface area contributed by atoms with Crippen LogP contribution in [0.1, 0.15) is 37.0 Å². The minimum absolute atomic E-state index is 0.0620. The van der Waals surface area contributed by atoms with Crippen LogP contribution in [0.3, 0.4) is 0 Å². The molecule has 1 heterocycles. The molecular weight excluding hydrogens is 278 g/mol. The highest BCUT2D eigenvalue weighted by Crippen LogP contribution is 2.21. The van der Waals surface area contributed by atoms with Crippen LogP contribution in [0.5, 0.6) is 0 Å². The van der Waals surface area contributed by atoms with E-state index in [4.69, 9.17) is 5.21 Å². The number of hydrogen-bond donors (Lipinski definition) is 3. The summed E-state index contributed by atoms with van der Waals surface area (Å²) in [5, 5.41) is 11.4. The molecule has 5 nitrogen and oxygen atoms in total. The van der Waals surface area contributed by atoms with Crippen LogP contribution in [-0.2, 0) is 24.2 Å². The molecule has 1 amide bonds. The molecule has 0 saturated heterocycles. The maximum atomic E-state index is 11.5. The first-order valence-corrected chi connectivity index (χ1v) is 8.11. The van der Waals surface area contributed by atoms with Crippen molar-refractivity contribution in [2.24, 2.45) is 0 Å². The highest BCUT2D eigenvalue weighted by Gasteiger charge is 2.19. The zero-order valence-corrected chi connectivity index (χ0v) is 13.6. The van der Waals surface area contributed by atoms with Crippen molar-refractivity contribution in [1.29, 1.82) is 0 Å². The summed E-state index contributed by atoms with van der Waals surface area (Å²) in [5.41, 5.74) is 6.18. The quantitative estimate of drug-likeness (QED) is 0.668. The van der Waals surface area contributed by atoms with Gasteiger partial charge < -0.3 is 10.5 Å². The number of amides is 1. The molecule has 0 saturated carbocycles. The molecule has 1 aromatic rings. The smallest absolute Gasteiger partial charge is 0.236 e. The number of benzene rings is 1. The molecule has 0 bridgehead atoms. The highest BCUT2D eigenvalue weighted by molar-refractivity contribution is 5.78. The van der Waals surface area contributed by atoms with Crippen LogP contribution >= 0.6 is 0 Å². The molecule has 1 aromatic carbocycles. The Labute approximate surface area is 132 Å². The third kappa shape index (κ3) is 4.80. The Morgan fingerprint density at radius 3 is 2.95 bits per heavy atom. The summed E-state index contributed by atoms with van der Waals surface area (Å²) >= 11 is 0. The summed E-state index contributed by atoms with van der Waals surface area (Å²) < 4.78 is 0. The lowest BCUT2D eigenvalue weighted by Gasteiger charge is -2.31. The van der Waals surface area contributed by atoms with E-state index in [0.29, 0.717) is 0 Å². The number of carbonyl (C=O) groups is 1. The first-order valence-electron chi connectivity index (χ1n) is 8.11. The molecule has 22 heavy (non-hydrogen) atoms. The predicted octanol–water partition coefficient (Wildman–Crippen LogP) is 1.48. The van der Waals surface area contributed by atoms with Crippen molar-refractivity contribution in [2.45, 2.75) is 45.7 Å². The van der Waals surface area contributed by atoms with Gasteiger partial charge in [-0.05, 0) is 36.5 Å². The van der Waals surface area contributed by atoms with Crippen LogP contribution in [0.25, 0.3) is 0 Å². The summed E-state index contributed by atoms with van der Waals surface area (Å²) in [6.07, 6.45) is 3.37. The molecule has 1 atom stereocenters. The van der Waals surface area contributed by atoms with Gasteiger partial charge in [-0.1, -0.05) is 31.5 Å². The molecule has 3 N–H and O–H groups in total. The number of carbonyl (C=O) groups excluding carboxylic acids is 1. The Kier molecular flexibility index (Phi) is 6.36. The van der Waals surface area contributed by atoms with Crippen LogP contribution in [0.2, 0.25) is 0 Å². The lowest BCUT2D eigenvalue weighted by atomic mass is 9.96. The monoisotopic (exact) mass is 305 g/mol. The van der Waals surface area contributed by atoms with Crippen LogP contribution < -0.4 is 10.8 Å². The van der Waals surface area contributed by atoms with Crippen molar-refractivity contribution in [3.63, 3.8) is 0 Å². The van der Waals surface area contributed by atoms with Crippen molar-refractivity contribution >= 4 is 5.91 Å². The van der Waals surface area contributed by atoms with Crippen LogP contribution in [-0.4, -0.2) is 41.7 Å². The zero-order valence-electron chi connectivity index (χ0n) is 13.6. The molecule has 2 rings (SSSR count). The zero-order chi connectivity index (χ0) is 15.9. The van der Waals surface area contributed by atoms with Crippen molar-refractivity contribution in [2.75, 3.05) is 19.6 Å². The second-order valence-corrected chi connectivity index (χ2v) is 6.14. The van der Waals surface area contributed by atoms with E-state index in [0.717, 1.165) is 32.5 Å². The van der Waals surface area contributed by atoms with Crippen LogP contribution in [0, 0.1) is 0 Å². The third-order valence-electron chi connectivity index (χ3n) is 4.08. The summed E-state index contributed by atoms with van der Waals surface area (Å²) in [6, 6.07) is 6.93. The topological polar surface area (TPSA) is 64.6 Å². The number of nitrogens with zero attached hydrogens (tertiary/aromatic N) is 1. The molecule has 0 fully saturated rings. The van der Waals surface area contributed by atoms with E-state index in [2.05, 4.69) is 35.3 Å². The van der Waals surface area contributed by atoms with Gasteiger partial charge in [0.25, 0.3) is 0 Å². The van der Waals surface area contributed by atoms with Gasteiger partial charge in [0.05, 0.1) is 6.54 Å². The average Bonchev–Trinajstić information content (AvgIpc) is 2.47. The summed E-state index contributed by atoms with van der Waals surface area (Å²) in [4.78, 5) is 13.8. The molecule has 122 valence electrons. The van der Waals surface area contributed by atoms with Crippen molar-refractivity contribution in [3.05, 3.63) is 34.9 Å². The third-order valence-corrected chi connectivity index (χ3v) is 4.08. The lowest BCUT2D eigenvalue weighted by Crippen LogP contribution is -2.45. The number of nitrogens with one attached hydrogen (secondary N) is 2.